The van der Waals surface area contributed by atoms with Gasteiger partial charge in [-0.25, -0.2) is 0 Å². The van der Waals surface area contributed by atoms with Crippen molar-refractivity contribution in [3.63, 3.8) is 0 Å². The molecule has 1 amide bonds. The summed E-state index contributed by atoms with van der Waals surface area (Å²) in [4.78, 5) is 18.4. The average molecular weight is 357 g/mol. The third-order valence-electron chi connectivity index (χ3n) is 3.83. The predicted octanol–water partition coefficient (Wildman–Crippen LogP) is 4.41. The number of carbonyl (C=O) groups excluding carboxylic acids is 1. The van der Waals surface area contributed by atoms with Crippen molar-refractivity contribution in [2.45, 2.75) is 24.7 Å². The Labute approximate surface area is 150 Å². The fourth-order valence-electron chi connectivity index (χ4n) is 2.44. The van der Waals surface area contributed by atoms with E-state index in [9.17, 15) is 4.79 Å². The van der Waals surface area contributed by atoms with E-state index in [4.69, 9.17) is 0 Å². The molecule has 0 spiro atoms. The maximum Gasteiger partial charge on any atom is 0.249 e. The van der Waals surface area contributed by atoms with Gasteiger partial charge in [-0.1, -0.05) is 42.5 Å². The number of aryl methyl sites for hydroxylation is 2. The molecule has 2 aromatic carbocycles. The molecule has 3 aromatic rings. The zero-order valence-electron chi connectivity index (χ0n) is 13.9. The van der Waals surface area contributed by atoms with Crippen LogP contribution in [0.3, 0.4) is 0 Å². The van der Waals surface area contributed by atoms with Gasteiger partial charge in [0.1, 0.15) is 0 Å². The highest BCUT2D eigenvalue weighted by molar-refractivity contribution is 7.99. The number of hydrogen-bond acceptors (Lipinski definition) is 3. The van der Waals surface area contributed by atoms with Crippen LogP contribution in [0, 0.1) is 0 Å². The van der Waals surface area contributed by atoms with E-state index in [2.05, 4.69) is 42.2 Å². The van der Waals surface area contributed by atoms with Crippen LogP contribution in [-0.2, 0) is 18.3 Å². The fourth-order valence-corrected chi connectivity index (χ4v) is 4.40. The van der Waals surface area contributed by atoms with E-state index in [1.165, 1.54) is 15.2 Å². The topological polar surface area (TPSA) is 34.4 Å². The molecule has 0 radical (unpaired) electrons. The van der Waals surface area contributed by atoms with Crippen LogP contribution in [0.2, 0.25) is 0 Å². The molecule has 0 aliphatic carbocycles. The molecule has 3 nitrogen and oxygen atoms in total. The second-order valence-electron chi connectivity index (χ2n) is 5.52. The van der Waals surface area contributed by atoms with Crippen LogP contribution in [0.4, 0.5) is 0 Å². The molecule has 0 bridgehead atoms. The van der Waals surface area contributed by atoms with E-state index >= 15 is 0 Å². The molecule has 0 atom stereocenters. The molecule has 0 saturated carbocycles. The monoisotopic (exact) mass is 356 g/mol. The summed E-state index contributed by atoms with van der Waals surface area (Å²) in [6.07, 6.45) is 1.47. The molecular weight excluding hydrogens is 336 g/mol. The molecule has 24 heavy (non-hydrogen) atoms. The van der Waals surface area contributed by atoms with Crippen LogP contribution in [0.1, 0.15) is 18.9 Å². The van der Waals surface area contributed by atoms with Crippen LogP contribution < -0.4 is 4.80 Å². The van der Waals surface area contributed by atoms with Gasteiger partial charge in [-0.05, 0) is 36.2 Å². The number of carbonyl (C=O) groups is 1. The minimum atomic E-state index is -0.0590. The summed E-state index contributed by atoms with van der Waals surface area (Å²) >= 11 is 3.27. The van der Waals surface area contributed by atoms with E-state index in [0.29, 0.717) is 6.42 Å². The molecule has 0 aliphatic rings. The first-order valence-corrected chi connectivity index (χ1v) is 9.81. The summed E-state index contributed by atoms with van der Waals surface area (Å²) in [6, 6.07) is 16.6. The van der Waals surface area contributed by atoms with Crippen molar-refractivity contribution in [3.05, 3.63) is 58.9 Å². The van der Waals surface area contributed by atoms with E-state index < -0.39 is 0 Å². The highest BCUT2D eigenvalue weighted by Gasteiger charge is 2.06. The molecule has 0 unspecified atom stereocenters. The Balaban J connectivity index is 1.72. The highest BCUT2D eigenvalue weighted by Crippen LogP contribution is 2.19. The molecule has 0 fully saturated rings. The molecule has 0 N–H and O–H groups in total. The van der Waals surface area contributed by atoms with Crippen molar-refractivity contribution in [2.24, 2.45) is 12.0 Å². The first-order chi connectivity index (χ1) is 11.7. The molecule has 3 rings (SSSR count). The van der Waals surface area contributed by atoms with Gasteiger partial charge in [0.05, 0.1) is 10.2 Å². The minimum absolute atomic E-state index is 0.0590. The smallest absolute Gasteiger partial charge is 0.249 e. The molecule has 5 heteroatoms. The Bertz CT molecular complexity index is 910. The van der Waals surface area contributed by atoms with E-state index in [0.717, 1.165) is 22.5 Å². The lowest BCUT2D eigenvalue weighted by atomic mass is 10.2. The van der Waals surface area contributed by atoms with E-state index in [1.54, 1.807) is 23.1 Å². The summed E-state index contributed by atoms with van der Waals surface area (Å²) < 4.78 is 3.18. The van der Waals surface area contributed by atoms with Crippen molar-refractivity contribution in [3.8, 4) is 0 Å². The van der Waals surface area contributed by atoms with Gasteiger partial charge >= 0.3 is 0 Å². The highest BCUT2D eigenvalue weighted by atomic mass is 32.2. The molecule has 1 aromatic heterocycles. The summed E-state index contributed by atoms with van der Waals surface area (Å²) in [5.74, 6) is 0.692. The fraction of sp³-hybridized carbons (Fsp3) is 0.263. The molecule has 0 saturated heterocycles. The Morgan fingerprint density at radius 1 is 1.21 bits per heavy atom. The van der Waals surface area contributed by atoms with Gasteiger partial charge in [0.2, 0.25) is 5.91 Å². The predicted molar refractivity (Wildman–Crippen MR) is 103 cm³/mol. The Kier molecular flexibility index (Phi) is 5.53. The van der Waals surface area contributed by atoms with Crippen molar-refractivity contribution in [1.82, 2.24) is 4.57 Å². The molecule has 1 heterocycles. The largest absolute Gasteiger partial charge is 0.319 e. The zero-order valence-corrected chi connectivity index (χ0v) is 15.5. The Morgan fingerprint density at radius 2 is 2.00 bits per heavy atom. The number of nitrogens with zero attached hydrogens (tertiary/aromatic N) is 2. The second kappa shape index (κ2) is 7.81. The van der Waals surface area contributed by atoms with Crippen LogP contribution >= 0.6 is 23.1 Å². The van der Waals surface area contributed by atoms with Crippen molar-refractivity contribution < 1.29 is 4.79 Å². The van der Waals surface area contributed by atoms with Gasteiger partial charge in [0.25, 0.3) is 0 Å². The van der Waals surface area contributed by atoms with Crippen LogP contribution in [0.15, 0.2) is 58.4 Å². The first kappa shape index (κ1) is 17.0. The maximum atomic E-state index is 12.2. The SMILES string of the molecule is CCc1ccc2c(c1)sc(=NC(=O)CCSc1ccccc1)n2C. The summed E-state index contributed by atoms with van der Waals surface area (Å²) in [5.41, 5.74) is 2.43. The second-order valence-corrected chi connectivity index (χ2v) is 7.69. The van der Waals surface area contributed by atoms with Crippen LogP contribution in [0.25, 0.3) is 10.2 Å². The lowest BCUT2D eigenvalue weighted by molar-refractivity contribution is -0.117. The van der Waals surface area contributed by atoms with Gasteiger partial charge in [0, 0.05) is 24.1 Å². The van der Waals surface area contributed by atoms with Gasteiger partial charge in [-0.3, -0.25) is 4.79 Å². The van der Waals surface area contributed by atoms with Crippen LogP contribution in [-0.4, -0.2) is 16.2 Å². The quantitative estimate of drug-likeness (QED) is 0.635. The number of benzene rings is 2. The van der Waals surface area contributed by atoms with Gasteiger partial charge in [0.15, 0.2) is 4.80 Å². The van der Waals surface area contributed by atoms with Crippen molar-refractivity contribution >= 4 is 39.2 Å². The number of thiazole rings is 1. The van der Waals surface area contributed by atoms with E-state index in [-0.39, 0.29) is 5.91 Å². The number of aromatic nitrogens is 1. The Hall–Kier alpha value is -1.85. The average Bonchev–Trinajstić information content (AvgIpc) is 2.91. The van der Waals surface area contributed by atoms with E-state index in [1.807, 2.05) is 29.8 Å². The zero-order chi connectivity index (χ0) is 16.9. The Morgan fingerprint density at radius 3 is 2.75 bits per heavy atom. The van der Waals surface area contributed by atoms with Crippen molar-refractivity contribution in [2.75, 3.05) is 5.75 Å². The molecule has 0 aliphatic heterocycles. The van der Waals surface area contributed by atoms with Gasteiger partial charge in [-0.2, -0.15) is 4.99 Å². The lowest BCUT2D eigenvalue weighted by Gasteiger charge is -1.99. The molecular formula is C19H20N2OS2. The third kappa shape index (κ3) is 3.97. The van der Waals surface area contributed by atoms with Crippen LogP contribution in [0.5, 0.6) is 0 Å². The van der Waals surface area contributed by atoms with Crippen molar-refractivity contribution in [1.29, 1.82) is 0 Å². The molecule has 124 valence electrons. The first-order valence-electron chi connectivity index (χ1n) is 8.01. The number of fused-ring (bicyclic) bond motifs is 1. The summed E-state index contributed by atoms with van der Waals surface area (Å²) in [5, 5.41) is 0. The minimum Gasteiger partial charge on any atom is -0.319 e. The summed E-state index contributed by atoms with van der Waals surface area (Å²) in [7, 11) is 1.97. The third-order valence-corrected chi connectivity index (χ3v) is 5.94. The number of amides is 1. The van der Waals surface area contributed by atoms with Gasteiger partial charge < -0.3 is 4.57 Å². The van der Waals surface area contributed by atoms with Gasteiger partial charge in [-0.15, -0.1) is 11.8 Å². The lowest BCUT2D eigenvalue weighted by Crippen LogP contribution is -2.13. The number of hydrogen-bond donors (Lipinski definition) is 0. The normalized spacial score (nSPS) is 12.0. The number of rotatable bonds is 5. The maximum absolute atomic E-state index is 12.2. The summed E-state index contributed by atoms with van der Waals surface area (Å²) in [6.45, 7) is 2.15. The number of thioether (sulfide) groups is 1. The standard InChI is InChI=1S/C19H20N2OS2/c1-3-14-9-10-16-17(13-14)24-19(21(16)2)20-18(22)11-12-23-15-7-5-4-6-8-15/h4-10,13H,3,11-12H2,1-2H3.